The summed E-state index contributed by atoms with van der Waals surface area (Å²) in [6.45, 7) is 11.2. The third-order valence-corrected chi connectivity index (χ3v) is 5.06. The molecule has 2 atom stereocenters. The normalized spacial score (nSPS) is 21.6. The van der Waals surface area contributed by atoms with Crippen molar-refractivity contribution in [3.63, 3.8) is 0 Å². The lowest BCUT2D eigenvalue weighted by Gasteiger charge is -2.41. The van der Waals surface area contributed by atoms with Gasteiger partial charge in [0.15, 0.2) is 0 Å². The summed E-state index contributed by atoms with van der Waals surface area (Å²) < 4.78 is 1.15. The Balaban J connectivity index is 2.20. The molecule has 2 unspecified atom stereocenters. The average molecular weight is 354 g/mol. The van der Waals surface area contributed by atoms with Gasteiger partial charge in [-0.1, -0.05) is 35.8 Å². The minimum absolute atomic E-state index is 0.249. The Morgan fingerprint density at radius 1 is 1.33 bits per heavy atom. The summed E-state index contributed by atoms with van der Waals surface area (Å²) >= 11 is 3.62. The second-order valence-corrected chi connectivity index (χ2v) is 6.98. The maximum atomic E-state index is 6.17. The predicted molar refractivity (Wildman–Crippen MR) is 95.0 cm³/mol. The first-order valence-corrected chi connectivity index (χ1v) is 8.87. The van der Waals surface area contributed by atoms with Crippen LogP contribution in [0.2, 0.25) is 0 Å². The molecule has 2 N–H and O–H groups in total. The van der Waals surface area contributed by atoms with E-state index in [1.807, 2.05) is 0 Å². The molecule has 1 fully saturated rings. The molecule has 1 aliphatic rings. The smallest absolute Gasteiger partial charge is 0.0411 e. The Morgan fingerprint density at radius 2 is 2.10 bits per heavy atom. The van der Waals surface area contributed by atoms with Crippen LogP contribution in [0.4, 0.5) is 5.69 Å². The zero-order valence-electron chi connectivity index (χ0n) is 13.5. The van der Waals surface area contributed by atoms with Crippen LogP contribution in [0.3, 0.4) is 0 Å². The van der Waals surface area contributed by atoms with Crippen molar-refractivity contribution in [2.75, 3.05) is 31.1 Å². The molecule has 0 saturated carbocycles. The van der Waals surface area contributed by atoms with Crippen molar-refractivity contribution in [1.82, 2.24) is 4.90 Å². The molecule has 0 aliphatic carbocycles. The molecule has 0 bridgehead atoms. The summed E-state index contributed by atoms with van der Waals surface area (Å²) in [5, 5.41) is 0. The van der Waals surface area contributed by atoms with E-state index < -0.39 is 0 Å². The van der Waals surface area contributed by atoms with E-state index in [9.17, 15) is 0 Å². The summed E-state index contributed by atoms with van der Waals surface area (Å²) in [6.07, 6.45) is 1.98. The first-order valence-electron chi connectivity index (χ1n) is 8.08. The Bertz CT molecular complexity index is 463. The molecule has 1 saturated heterocycles. The van der Waals surface area contributed by atoms with Gasteiger partial charge in [0.2, 0.25) is 0 Å². The fourth-order valence-corrected chi connectivity index (χ4v) is 3.46. The molecule has 1 heterocycles. The van der Waals surface area contributed by atoms with Gasteiger partial charge in [-0.25, -0.2) is 0 Å². The number of nitrogens with zero attached hydrogens (tertiary/aromatic N) is 2. The lowest BCUT2D eigenvalue weighted by Crippen LogP contribution is -2.52. The van der Waals surface area contributed by atoms with Crippen molar-refractivity contribution in [2.24, 2.45) is 5.73 Å². The Labute approximate surface area is 137 Å². The van der Waals surface area contributed by atoms with Gasteiger partial charge >= 0.3 is 0 Å². The lowest BCUT2D eigenvalue weighted by molar-refractivity contribution is 0.199. The summed E-state index contributed by atoms with van der Waals surface area (Å²) in [5.41, 5.74) is 8.91. The Morgan fingerprint density at radius 3 is 2.71 bits per heavy atom. The number of anilines is 1. The highest BCUT2D eigenvalue weighted by Gasteiger charge is 2.24. The van der Waals surface area contributed by atoms with Gasteiger partial charge in [-0.3, -0.25) is 4.90 Å². The Hall–Kier alpha value is -0.580. The highest BCUT2D eigenvalue weighted by atomic mass is 79.9. The third-order valence-electron chi connectivity index (χ3n) is 4.57. The molecule has 1 aromatic carbocycles. The van der Waals surface area contributed by atoms with Crippen LogP contribution < -0.4 is 10.6 Å². The van der Waals surface area contributed by atoms with Crippen LogP contribution in [-0.2, 0) is 6.42 Å². The van der Waals surface area contributed by atoms with E-state index >= 15 is 0 Å². The van der Waals surface area contributed by atoms with E-state index in [2.05, 4.69) is 64.7 Å². The summed E-state index contributed by atoms with van der Waals surface area (Å²) in [4.78, 5) is 5.07. The molecule has 118 valence electrons. The van der Waals surface area contributed by atoms with E-state index in [4.69, 9.17) is 5.73 Å². The third kappa shape index (κ3) is 4.21. The minimum atomic E-state index is 0.249. The van der Waals surface area contributed by atoms with Crippen molar-refractivity contribution in [3.05, 3.63) is 28.2 Å². The number of hydrogen-bond donors (Lipinski definition) is 1. The number of hydrogen-bond acceptors (Lipinski definition) is 3. The van der Waals surface area contributed by atoms with Crippen molar-refractivity contribution >= 4 is 21.6 Å². The molecule has 21 heavy (non-hydrogen) atoms. The number of nitrogens with two attached hydrogens (primary N) is 1. The maximum Gasteiger partial charge on any atom is 0.0411 e. The Kier molecular flexibility index (Phi) is 6.08. The average Bonchev–Trinajstić information content (AvgIpc) is 2.48. The quantitative estimate of drug-likeness (QED) is 0.881. The van der Waals surface area contributed by atoms with E-state index in [0.717, 1.165) is 43.5 Å². The van der Waals surface area contributed by atoms with Crippen LogP contribution in [0.25, 0.3) is 0 Å². The van der Waals surface area contributed by atoms with Gasteiger partial charge in [-0.05, 0) is 44.0 Å². The lowest BCUT2D eigenvalue weighted by atomic mass is 10.0. The molecule has 3 nitrogen and oxygen atoms in total. The molecule has 1 aromatic rings. The molecule has 4 heteroatoms. The molecule has 2 rings (SSSR count). The van der Waals surface area contributed by atoms with Gasteiger partial charge in [0, 0.05) is 41.9 Å². The molecule has 0 amide bonds. The summed E-state index contributed by atoms with van der Waals surface area (Å²) in [5.74, 6) is 0. The minimum Gasteiger partial charge on any atom is -0.368 e. The predicted octanol–water partition coefficient (Wildman–Crippen LogP) is 3.26. The van der Waals surface area contributed by atoms with Gasteiger partial charge in [0.05, 0.1) is 0 Å². The van der Waals surface area contributed by atoms with E-state index in [0.29, 0.717) is 6.04 Å². The largest absolute Gasteiger partial charge is 0.368 e. The van der Waals surface area contributed by atoms with Gasteiger partial charge in [-0.15, -0.1) is 0 Å². The van der Waals surface area contributed by atoms with E-state index in [1.165, 1.54) is 11.3 Å². The molecular weight excluding hydrogens is 326 g/mol. The van der Waals surface area contributed by atoms with Crippen LogP contribution in [0.1, 0.15) is 32.8 Å². The topological polar surface area (TPSA) is 32.5 Å². The van der Waals surface area contributed by atoms with Gasteiger partial charge in [0.25, 0.3) is 0 Å². The summed E-state index contributed by atoms with van der Waals surface area (Å²) in [7, 11) is 0. The molecule has 0 aromatic heterocycles. The number of likely N-dealkylation sites (N-methyl/N-ethyl adjacent to an activating group) is 1. The van der Waals surface area contributed by atoms with Crippen LogP contribution in [-0.4, -0.2) is 43.2 Å². The number of piperazine rings is 1. The first-order chi connectivity index (χ1) is 10.0. The fourth-order valence-electron chi connectivity index (χ4n) is 3.11. The van der Waals surface area contributed by atoms with Crippen LogP contribution in [0.15, 0.2) is 22.7 Å². The standard InChI is InChI=1S/C17H28BrN3/c1-4-16(19)10-14-6-7-15(18)11-17(14)21-9-8-20(5-2)13(3)12-21/h6-7,11,13,16H,4-5,8-10,12,19H2,1-3H3. The number of halogens is 1. The van der Waals surface area contributed by atoms with Gasteiger partial charge < -0.3 is 10.6 Å². The maximum absolute atomic E-state index is 6.17. The van der Waals surface area contributed by atoms with Crippen LogP contribution in [0.5, 0.6) is 0 Å². The second-order valence-electron chi connectivity index (χ2n) is 6.07. The van der Waals surface area contributed by atoms with Crippen molar-refractivity contribution in [1.29, 1.82) is 0 Å². The molecule has 1 aliphatic heterocycles. The first kappa shape index (κ1) is 16.8. The molecule has 0 radical (unpaired) electrons. The van der Waals surface area contributed by atoms with E-state index in [-0.39, 0.29) is 6.04 Å². The highest BCUT2D eigenvalue weighted by molar-refractivity contribution is 9.10. The fraction of sp³-hybridized carbons (Fsp3) is 0.647. The van der Waals surface area contributed by atoms with Crippen molar-refractivity contribution < 1.29 is 0 Å². The SMILES string of the molecule is CCC(N)Cc1ccc(Br)cc1N1CCN(CC)C(C)C1. The van der Waals surface area contributed by atoms with Gasteiger partial charge in [-0.2, -0.15) is 0 Å². The zero-order valence-corrected chi connectivity index (χ0v) is 15.1. The van der Waals surface area contributed by atoms with Crippen molar-refractivity contribution in [2.45, 2.75) is 45.7 Å². The monoisotopic (exact) mass is 353 g/mol. The number of rotatable bonds is 5. The van der Waals surface area contributed by atoms with E-state index in [1.54, 1.807) is 0 Å². The van der Waals surface area contributed by atoms with Gasteiger partial charge in [0.1, 0.15) is 0 Å². The summed E-state index contributed by atoms with van der Waals surface area (Å²) in [6, 6.07) is 7.47. The second kappa shape index (κ2) is 7.61. The molecular formula is C17H28BrN3. The van der Waals surface area contributed by atoms with Crippen LogP contribution >= 0.6 is 15.9 Å². The van der Waals surface area contributed by atoms with Crippen molar-refractivity contribution in [3.8, 4) is 0 Å². The zero-order chi connectivity index (χ0) is 15.4. The number of benzene rings is 1. The molecule has 0 spiro atoms. The van der Waals surface area contributed by atoms with Crippen LogP contribution in [0, 0.1) is 0 Å². The highest BCUT2D eigenvalue weighted by Crippen LogP contribution is 2.28.